The Kier molecular flexibility index (Phi) is 17.5. The molecule has 0 aromatic heterocycles. The van der Waals surface area contributed by atoms with Crippen molar-refractivity contribution in [3.63, 3.8) is 0 Å². The number of hydrogen-bond donors (Lipinski definition) is 0. The summed E-state index contributed by atoms with van der Waals surface area (Å²) in [6.45, 7) is 7.14. The number of rotatable bonds is 17. The molecule has 0 aromatic carbocycles. The number of allylic oxidation sites excluding steroid dienone is 1. The van der Waals surface area contributed by atoms with Crippen molar-refractivity contribution in [2.75, 3.05) is 13.2 Å². The number of hydrogen-bond acceptors (Lipinski definition) is 4. The highest BCUT2D eigenvalue weighted by Gasteiger charge is 2.11. The van der Waals surface area contributed by atoms with E-state index in [-0.39, 0.29) is 31.4 Å². The van der Waals surface area contributed by atoms with E-state index in [1.54, 1.807) is 0 Å². The molecule has 0 spiro atoms. The van der Waals surface area contributed by atoms with E-state index in [9.17, 15) is 9.59 Å². The third-order valence-electron chi connectivity index (χ3n) is 4.65. The Morgan fingerprint density at radius 1 is 0.769 bits per heavy atom. The molecule has 0 fully saturated rings. The van der Waals surface area contributed by atoms with Crippen molar-refractivity contribution in [2.45, 2.75) is 97.8 Å². The summed E-state index contributed by atoms with van der Waals surface area (Å²) in [7, 11) is 0. The second-order valence-corrected chi connectivity index (χ2v) is 6.93. The summed E-state index contributed by atoms with van der Waals surface area (Å²) in [5.41, 5.74) is 0. The molecule has 0 unspecified atom stereocenters. The van der Waals surface area contributed by atoms with Crippen molar-refractivity contribution in [1.29, 1.82) is 0 Å². The fraction of sp³-hybridized carbons (Fsp3) is 0.818. The molecule has 0 saturated heterocycles. The Morgan fingerprint density at radius 2 is 1.35 bits per heavy atom. The zero-order chi connectivity index (χ0) is 19.5. The van der Waals surface area contributed by atoms with Crippen LogP contribution in [0.3, 0.4) is 0 Å². The Balaban J connectivity index is 3.51. The minimum absolute atomic E-state index is 0.0906. The molecule has 0 aliphatic carbocycles. The number of unbranched alkanes of at least 4 members (excludes halogenated alkanes) is 7. The molecule has 0 heterocycles. The summed E-state index contributed by atoms with van der Waals surface area (Å²) in [5.74, 6) is -0.249. The number of esters is 2. The van der Waals surface area contributed by atoms with Crippen LogP contribution in [0.4, 0.5) is 0 Å². The molecule has 0 amide bonds. The van der Waals surface area contributed by atoms with Crippen LogP contribution in [0.2, 0.25) is 0 Å². The van der Waals surface area contributed by atoms with Gasteiger partial charge in [-0.15, -0.1) is 0 Å². The maximum Gasteiger partial charge on any atom is 0.306 e. The lowest BCUT2D eigenvalue weighted by Crippen LogP contribution is -2.15. The number of carbonyl (C=O) groups is 2. The Bertz CT molecular complexity index is 372. The lowest BCUT2D eigenvalue weighted by atomic mass is 10.1. The zero-order valence-corrected chi connectivity index (χ0v) is 17.3. The summed E-state index contributed by atoms with van der Waals surface area (Å²) < 4.78 is 10.3. The van der Waals surface area contributed by atoms with E-state index in [1.165, 1.54) is 44.9 Å². The van der Waals surface area contributed by atoms with Gasteiger partial charge in [0.1, 0.15) is 6.61 Å². The van der Waals surface area contributed by atoms with Crippen LogP contribution in [0, 0.1) is 5.92 Å². The third-order valence-corrected chi connectivity index (χ3v) is 4.65. The van der Waals surface area contributed by atoms with Gasteiger partial charge in [-0.05, 0) is 18.8 Å². The highest BCUT2D eigenvalue weighted by atomic mass is 16.5. The second kappa shape index (κ2) is 18.5. The fourth-order valence-electron chi connectivity index (χ4n) is 2.63. The van der Waals surface area contributed by atoms with E-state index in [0.29, 0.717) is 12.5 Å². The highest BCUT2D eigenvalue weighted by molar-refractivity contribution is 5.77. The van der Waals surface area contributed by atoms with Gasteiger partial charge in [0.2, 0.25) is 0 Å². The van der Waals surface area contributed by atoms with E-state index in [2.05, 4.69) is 26.8 Å². The molecule has 0 aliphatic rings. The van der Waals surface area contributed by atoms with Gasteiger partial charge in [0.05, 0.1) is 19.4 Å². The van der Waals surface area contributed by atoms with E-state index >= 15 is 0 Å². The minimum atomic E-state index is -0.343. The Morgan fingerprint density at radius 3 is 1.96 bits per heavy atom. The molecule has 0 bridgehead atoms. The molecule has 0 radical (unpaired) electrons. The quantitative estimate of drug-likeness (QED) is 0.180. The summed E-state index contributed by atoms with van der Waals surface area (Å²) in [6, 6.07) is 0. The minimum Gasteiger partial charge on any atom is -0.465 e. The lowest BCUT2D eigenvalue weighted by molar-refractivity contribution is -0.150. The van der Waals surface area contributed by atoms with Crippen LogP contribution in [0.1, 0.15) is 97.8 Å². The molecule has 0 saturated carbocycles. The first-order chi connectivity index (χ1) is 12.6. The molecule has 4 nitrogen and oxygen atoms in total. The van der Waals surface area contributed by atoms with E-state index < -0.39 is 0 Å². The summed E-state index contributed by atoms with van der Waals surface area (Å²) in [4.78, 5) is 23.2. The van der Waals surface area contributed by atoms with E-state index in [4.69, 9.17) is 9.47 Å². The normalized spacial score (nSPS) is 11.2. The summed E-state index contributed by atoms with van der Waals surface area (Å²) in [6.07, 6.45) is 16.3. The molecule has 0 atom stereocenters. The van der Waals surface area contributed by atoms with Gasteiger partial charge < -0.3 is 9.47 Å². The van der Waals surface area contributed by atoms with Gasteiger partial charge in [-0.2, -0.15) is 0 Å². The van der Waals surface area contributed by atoms with Crippen molar-refractivity contribution < 1.29 is 19.1 Å². The highest BCUT2D eigenvalue weighted by Crippen LogP contribution is 2.09. The maximum atomic E-state index is 11.6. The molecule has 4 heteroatoms. The Hall–Kier alpha value is -1.32. The van der Waals surface area contributed by atoms with Crippen LogP contribution in [0.25, 0.3) is 0 Å². The molecule has 0 N–H and O–H groups in total. The molecule has 0 aliphatic heterocycles. The zero-order valence-electron chi connectivity index (χ0n) is 17.3. The van der Waals surface area contributed by atoms with Crippen LogP contribution >= 0.6 is 0 Å². The molecule has 26 heavy (non-hydrogen) atoms. The number of ether oxygens (including phenoxy) is 2. The monoisotopic (exact) mass is 368 g/mol. The van der Waals surface area contributed by atoms with Gasteiger partial charge in [0.25, 0.3) is 0 Å². The standard InChI is InChI=1S/C22H40O4/c1-4-7-8-9-10-11-12-13-14-15-18-25-21(23)16-17-22(24)26-19-20(5-2)6-3/h14-15,20H,4-13,16-19H2,1-3H3/b15-14+. The van der Waals surface area contributed by atoms with E-state index in [0.717, 1.165) is 19.3 Å². The van der Waals surface area contributed by atoms with Crippen molar-refractivity contribution in [2.24, 2.45) is 5.92 Å². The van der Waals surface area contributed by atoms with Gasteiger partial charge in [0, 0.05) is 0 Å². The molecule has 152 valence electrons. The largest absolute Gasteiger partial charge is 0.465 e. The maximum absolute atomic E-state index is 11.6. The predicted molar refractivity (Wildman–Crippen MR) is 107 cm³/mol. The average molecular weight is 369 g/mol. The fourth-order valence-corrected chi connectivity index (χ4v) is 2.63. The van der Waals surface area contributed by atoms with Crippen molar-refractivity contribution in [1.82, 2.24) is 0 Å². The van der Waals surface area contributed by atoms with Crippen LogP contribution in [0.5, 0.6) is 0 Å². The van der Waals surface area contributed by atoms with Gasteiger partial charge >= 0.3 is 11.9 Å². The van der Waals surface area contributed by atoms with E-state index in [1.807, 2.05) is 6.08 Å². The first-order valence-electron chi connectivity index (χ1n) is 10.6. The molecule has 0 aromatic rings. The van der Waals surface area contributed by atoms with Crippen molar-refractivity contribution >= 4 is 11.9 Å². The molecule has 0 rings (SSSR count). The Labute approximate surface area is 160 Å². The summed E-state index contributed by atoms with van der Waals surface area (Å²) >= 11 is 0. The number of carbonyl (C=O) groups excluding carboxylic acids is 2. The molecular weight excluding hydrogens is 328 g/mol. The van der Waals surface area contributed by atoms with Gasteiger partial charge in [0.15, 0.2) is 0 Å². The van der Waals surface area contributed by atoms with Crippen LogP contribution in [0.15, 0.2) is 12.2 Å². The third kappa shape index (κ3) is 16.2. The van der Waals surface area contributed by atoms with Crippen molar-refractivity contribution in [3.8, 4) is 0 Å². The first kappa shape index (κ1) is 24.7. The molecular formula is C22H40O4. The van der Waals surface area contributed by atoms with Gasteiger partial charge in [-0.3, -0.25) is 9.59 Å². The smallest absolute Gasteiger partial charge is 0.306 e. The van der Waals surface area contributed by atoms with Crippen molar-refractivity contribution in [3.05, 3.63) is 12.2 Å². The predicted octanol–water partition coefficient (Wildman–Crippen LogP) is 5.99. The lowest BCUT2D eigenvalue weighted by Gasteiger charge is -2.12. The van der Waals surface area contributed by atoms with Gasteiger partial charge in [-0.25, -0.2) is 0 Å². The SMILES string of the molecule is CCCCCCCCC/C=C/COC(=O)CCC(=O)OCC(CC)CC. The van der Waals surface area contributed by atoms with Crippen LogP contribution in [-0.2, 0) is 19.1 Å². The summed E-state index contributed by atoms with van der Waals surface area (Å²) in [5, 5.41) is 0. The van der Waals surface area contributed by atoms with Crippen LogP contribution in [-0.4, -0.2) is 25.2 Å². The average Bonchev–Trinajstić information content (AvgIpc) is 2.65. The van der Waals surface area contributed by atoms with Crippen LogP contribution < -0.4 is 0 Å². The van der Waals surface area contributed by atoms with Gasteiger partial charge in [-0.1, -0.05) is 84.3 Å². The second-order valence-electron chi connectivity index (χ2n) is 6.93. The first-order valence-corrected chi connectivity index (χ1v) is 10.6. The topological polar surface area (TPSA) is 52.6 Å².